The van der Waals surface area contributed by atoms with Crippen LogP contribution in [0.2, 0.25) is 5.02 Å². The Balaban J connectivity index is 1.58. The molecule has 2 amide bonds. The molecule has 174 valence electrons. The van der Waals surface area contributed by atoms with Crippen molar-refractivity contribution in [3.63, 3.8) is 0 Å². The first-order valence-electron chi connectivity index (χ1n) is 10.7. The zero-order chi connectivity index (χ0) is 24.6. The van der Waals surface area contributed by atoms with E-state index in [1.165, 1.54) is 9.80 Å². The number of rotatable bonds is 5. The summed E-state index contributed by atoms with van der Waals surface area (Å²) in [6.45, 7) is 4.32. The fourth-order valence-corrected chi connectivity index (χ4v) is 4.29. The van der Waals surface area contributed by atoms with Gasteiger partial charge in [-0.25, -0.2) is 0 Å². The summed E-state index contributed by atoms with van der Waals surface area (Å²) in [4.78, 5) is 28.0. The summed E-state index contributed by atoms with van der Waals surface area (Å²) < 4.78 is 7.95. The molecule has 0 N–H and O–H groups in total. The zero-order valence-corrected chi connectivity index (χ0v) is 20.9. The van der Waals surface area contributed by atoms with Crippen molar-refractivity contribution in [2.75, 3.05) is 14.1 Å². The third kappa shape index (κ3) is 4.36. The Labute approximate surface area is 209 Å². The van der Waals surface area contributed by atoms with E-state index < -0.39 is 11.8 Å². The number of carbonyl (C=O) groups excluding carboxylic acids is 2. The van der Waals surface area contributed by atoms with Gasteiger partial charge in [-0.3, -0.25) is 19.4 Å². The molecule has 1 aliphatic rings. The van der Waals surface area contributed by atoms with E-state index in [9.17, 15) is 9.59 Å². The minimum absolute atomic E-state index is 0.0853. The van der Waals surface area contributed by atoms with Crippen LogP contribution in [0.4, 0.5) is 0 Å². The molecule has 6 nitrogen and oxygen atoms in total. The van der Waals surface area contributed by atoms with Gasteiger partial charge in [-0.1, -0.05) is 29.8 Å². The second-order valence-corrected chi connectivity index (χ2v) is 8.88. The van der Waals surface area contributed by atoms with Gasteiger partial charge in [0, 0.05) is 41.8 Å². The van der Waals surface area contributed by atoms with Gasteiger partial charge in [0.2, 0.25) is 0 Å². The van der Waals surface area contributed by atoms with E-state index >= 15 is 0 Å². The molecule has 0 aliphatic carbocycles. The number of nitrogens with zero attached hydrogens (tertiary/aromatic N) is 3. The Morgan fingerprint density at radius 1 is 0.971 bits per heavy atom. The van der Waals surface area contributed by atoms with E-state index in [4.69, 9.17) is 28.6 Å². The van der Waals surface area contributed by atoms with E-state index in [-0.39, 0.29) is 10.7 Å². The van der Waals surface area contributed by atoms with Gasteiger partial charge in [0.25, 0.3) is 11.8 Å². The predicted molar refractivity (Wildman–Crippen MR) is 137 cm³/mol. The number of hydrogen-bond acceptors (Lipinski definition) is 4. The molecule has 1 saturated heterocycles. The highest BCUT2D eigenvalue weighted by molar-refractivity contribution is 7.80. The van der Waals surface area contributed by atoms with Crippen LogP contribution in [-0.2, 0) is 16.2 Å². The third-order valence-electron chi connectivity index (χ3n) is 5.86. The molecule has 34 heavy (non-hydrogen) atoms. The number of ether oxygens (including phenoxy) is 1. The molecule has 0 bridgehead atoms. The number of thiocarbonyl (C=S) groups is 1. The highest BCUT2D eigenvalue weighted by Gasteiger charge is 2.35. The Morgan fingerprint density at radius 3 is 2.21 bits per heavy atom. The summed E-state index contributed by atoms with van der Waals surface area (Å²) in [6.07, 6.45) is 1.64. The highest BCUT2D eigenvalue weighted by Crippen LogP contribution is 2.27. The lowest BCUT2D eigenvalue weighted by Gasteiger charge is -2.31. The van der Waals surface area contributed by atoms with Crippen LogP contribution >= 0.6 is 23.8 Å². The summed E-state index contributed by atoms with van der Waals surface area (Å²) in [7, 11) is 3.14. The number of aryl methyl sites for hydroxylation is 1. The quantitative estimate of drug-likeness (QED) is 0.287. The van der Waals surface area contributed by atoms with Crippen molar-refractivity contribution in [1.82, 2.24) is 14.4 Å². The van der Waals surface area contributed by atoms with Gasteiger partial charge in [0.15, 0.2) is 5.11 Å². The lowest BCUT2D eigenvalue weighted by Crippen LogP contribution is -2.52. The minimum atomic E-state index is -0.405. The average molecular weight is 494 g/mol. The maximum Gasteiger partial charge on any atom is 0.265 e. The summed E-state index contributed by atoms with van der Waals surface area (Å²) in [5.41, 5.74) is 4.63. The van der Waals surface area contributed by atoms with E-state index in [1.807, 2.05) is 68.4 Å². The molecule has 2 heterocycles. The minimum Gasteiger partial charge on any atom is -0.489 e. The van der Waals surface area contributed by atoms with Crippen molar-refractivity contribution in [1.29, 1.82) is 0 Å². The summed E-state index contributed by atoms with van der Waals surface area (Å²) in [5, 5.41) is 0.864. The smallest absolute Gasteiger partial charge is 0.265 e. The van der Waals surface area contributed by atoms with Crippen molar-refractivity contribution in [2.45, 2.75) is 20.5 Å². The molecule has 0 spiro atoms. The van der Waals surface area contributed by atoms with Crippen molar-refractivity contribution < 1.29 is 14.3 Å². The Bertz CT molecular complexity index is 1300. The molecular formula is C26H24ClN3O3S. The van der Waals surface area contributed by atoms with E-state index in [1.54, 1.807) is 20.2 Å². The van der Waals surface area contributed by atoms with E-state index in [0.29, 0.717) is 11.6 Å². The second kappa shape index (κ2) is 9.44. The fourth-order valence-electron chi connectivity index (χ4n) is 3.93. The second-order valence-electron chi connectivity index (χ2n) is 8.10. The normalized spacial score (nSPS) is 14.1. The summed E-state index contributed by atoms with van der Waals surface area (Å²) in [5.74, 6) is -0.0789. The highest BCUT2D eigenvalue weighted by atomic mass is 35.5. The molecule has 3 aromatic rings. The molecule has 8 heteroatoms. The lowest BCUT2D eigenvalue weighted by atomic mass is 10.1. The molecular weight excluding hydrogens is 470 g/mol. The van der Waals surface area contributed by atoms with Crippen LogP contribution in [0, 0.1) is 13.8 Å². The van der Waals surface area contributed by atoms with Gasteiger partial charge in [-0.2, -0.15) is 0 Å². The third-order valence-corrected chi connectivity index (χ3v) is 6.78. The molecule has 2 aromatic carbocycles. The molecule has 4 rings (SSSR count). The number of halogens is 1. The summed E-state index contributed by atoms with van der Waals surface area (Å²) >= 11 is 11.4. The average Bonchev–Trinajstić information content (AvgIpc) is 3.11. The number of amides is 2. The molecule has 0 unspecified atom stereocenters. The zero-order valence-electron chi connectivity index (χ0n) is 19.3. The molecule has 1 aliphatic heterocycles. The van der Waals surface area contributed by atoms with Gasteiger partial charge in [0.05, 0.1) is 0 Å². The standard InChI is InChI=1S/C26H24ClN3O3S/c1-16-13-19(14-22-24(31)28(3)26(34)29(4)25(22)32)17(2)30(16)20-9-11-21(12-10-20)33-15-18-7-5-6-8-23(18)27/h5-14H,15H2,1-4H3. The number of carbonyl (C=O) groups is 2. The van der Waals surface area contributed by atoms with Crippen LogP contribution in [-0.4, -0.2) is 45.4 Å². The number of aromatic nitrogens is 1. The maximum absolute atomic E-state index is 12.7. The molecule has 0 saturated carbocycles. The van der Waals surface area contributed by atoms with Crippen LogP contribution in [0.1, 0.15) is 22.5 Å². The van der Waals surface area contributed by atoms with Crippen molar-refractivity contribution in [3.8, 4) is 11.4 Å². The van der Waals surface area contributed by atoms with Crippen molar-refractivity contribution in [2.24, 2.45) is 0 Å². The first kappa shape index (κ1) is 23.7. The van der Waals surface area contributed by atoms with E-state index in [0.717, 1.165) is 34.0 Å². The fraction of sp³-hybridized carbons (Fsp3) is 0.192. The van der Waals surface area contributed by atoms with Gasteiger partial charge in [-0.05, 0) is 74.1 Å². The Kier molecular flexibility index (Phi) is 6.59. The molecule has 1 aromatic heterocycles. The lowest BCUT2D eigenvalue weighted by molar-refractivity contribution is -0.132. The molecule has 0 radical (unpaired) electrons. The van der Waals surface area contributed by atoms with Crippen LogP contribution in [0.3, 0.4) is 0 Å². The summed E-state index contributed by atoms with van der Waals surface area (Å²) in [6, 6.07) is 17.3. The topological polar surface area (TPSA) is 54.8 Å². The number of likely N-dealkylation sites (N-methyl/N-ethyl adjacent to an activating group) is 2. The first-order chi connectivity index (χ1) is 16.2. The van der Waals surface area contributed by atoms with Gasteiger partial charge in [-0.15, -0.1) is 0 Å². The van der Waals surface area contributed by atoms with Gasteiger partial charge < -0.3 is 9.30 Å². The van der Waals surface area contributed by atoms with Crippen LogP contribution in [0.5, 0.6) is 5.75 Å². The van der Waals surface area contributed by atoms with Crippen molar-refractivity contribution in [3.05, 3.63) is 87.7 Å². The monoisotopic (exact) mass is 493 g/mol. The first-order valence-corrected chi connectivity index (χ1v) is 11.4. The molecule has 0 atom stereocenters. The predicted octanol–water partition coefficient (Wildman–Crippen LogP) is 4.93. The number of benzene rings is 2. The molecule has 1 fully saturated rings. The van der Waals surface area contributed by atoms with Crippen LogP contribution in [0.25, 0.3) is 11.8 Å². The van der Waals surface area contributed by atoms with Gasteiger partial charge in [0.1, 0.15) is 17.9 Å². The van der Waals surface area contributed by atoms with Gasteiger partial charge >= 0.3 is 0 Å². The van der Waals surface area contributed by atoms with Crippen LogP contribution in [0.15, 0.2) is 60.2 Å². The van der Waals surface area contributed by atoms with Crippen LogP contribution < -0.4 is 4.74 Å². The van der Waals surface area contributed by atoms with Crippen molar-refractivity contribution >= 4 is 46.8 Å². The number of hydrogen-bond donors (Lipinski definition) is 0. The maximum atomic E-state index is 12.7. The Morgan fingerprint density at radius 2 is 1.59 bits per heavy atom. The SMILES string of the molecule is Cc1cc(C=C2C(=O)N(C)C(=S)N(C)C2=O)c(C)n1-c1ccc(OCc2ccccc2Cl)cc1. The Hall–Kier alpha value is -3.42. The van der Waals surface area contributed by atoms with E-state index in [2.05, 4.69) is 4.57 Å². The largest absolute Gasteiger partial charge is 0.489 e.